The molecular formula is C55H42GeN4OPt-2. The molecule has 0 N–H and O–H groups in total. The second kappa shape index (κ2) is 16.0. The van der Waals surface area contributed by atoms with Crippen LogP contribution in [0.2, 0.25) is 15.8 Å². The van der Waals surface area contributed by atoms with Crippen molar-refractivity contribution < 1.29 is 44.1 Å². The van der Waals surface area contributed by atoms with Crippen molar-refractivity contribution in [1.29, 1.82) is 0 Å². The summed E-state index contributed by atoms with van der Waals surface area (Å²) in [5.41, 5.74) is 5.27. The van der Waals surface area contributed by atoms with Crippen LogP contribution < -0.4 is 13.7 Å². The Balaban J connectivity index is 0.00000560. The van der Waals surface area contributed by atoms with Crippen LogP contribution in [0.3, 0.4) is 0 Å². The Hall–Kier alpha value is -6.01. The van der Waals surface area contributed by atoms with E-state index in [2.05, 4.69) is 53.5 Å². The molecule has 12 rings (SSSR count). The molecular weight excluding hydrogens is 1000 g/mol. The van der Waals surface area contributed by atoms with Gasteiger partial charge in [-0.15, -0.1) is 0 Å². The van der Waals surface area contributed by atoms with Crippen LogP contribution in [0.1, 0.15) is 38.5 Å². The van der Waals surface area contributed by atoms with Crippen LogP contribution in [0.4, 0.5) is 0 Å². The molecule has 1 spiro atoms. The molecule has 2 aliphatic rings. The molecule has 0 atom stereocenters. The average Bonchev–Trinajstić information content (AvgIpc) is 4.11. The Labute approximate surface area is 393 Å². The van der Waals surface area contributed by atoms with Crippen molar-refractivity contribution in [2.45, 2.75) is 41.4 Å². The van der Waals surface area contributed by atoms with Crippen LogP contribution in [0, 0.1) is 18.5 Å². The van der Waals surface area contributed by atoms with E-state index in [9.17, 15) is 0 Å². The Bertz CT molecular complexity index is 3740. The normalized spacial score (nSPS) is 16.6. The molecule has 62 heavy (non-hydrogen) atoms. The summed E-state index contributed by atoms with van der Waals surface area (Å²) in [6.07, 6.45) is 10.7. The smallest absolute Gasteiger partial charge is 0.159 e. The van der Waals surface area contributed by atoms with Gasteiger partial charge in [0.15, 0.2) is 0 Å². The molecule has 304 valence electrons. The summed E-state index contributed by atoms with van der Waals surface area (Å²) in [6, 6.07) is 34.1. The van der Waals surface area contributed by atoms with Gasteiger partial charge in [-0.1, -0.05) is 103 Å². The molecule has 5 nitrogen and oxygen atoms in total. The van der Waals surface area contributed by atoms with Crippen LogP contribution in [-0.4, -0.2) is 27.4 Å². The summed E-state index contributed by atoms with van der Waals surface area (Å²) >= 11 is -2.10. The zero-order valence-corrected chi connectivity index (χ0v) is 37.7. The fourth-order valence-corrected chi connectivity index (χ4v) is 21.4. The predicted octanol–water partition coefficient (Wildman–Crippen LogP) is 12.3. The van der Waals surface area contributed by atoms with E-state index >= 15 is 0 Å². The SMILES string of the molecule is [2H]c1c([2H])c([2H])c(-c2cccc(-c3c([2H])c([2H])c([2H])c([2H])c3[2H])c2-[n+]2[c-]n(-c3[c-]c(Oc4[c-]c5c(cc4)c4ccccc4n5-c4cc5[c](cn4)[Ge]4([CH2]CC[CH2]4)[CH2]CC5)ccc3)c3ccccc32)c([2H])c1[2H].[Pt]. The Morgan fingerprint density at radius 3 is 2.11 bits per heavy atom. The summed E-state index contributed by atoms with van der Waals surface area (Å²) in [5.74, 6) is 1.74. The molecule has 0 bridgehead atoms. The van der Waals surface area contributed by atoms with Gasteiger partial charge in [-0.3, -0.25) is 4.57 Å². The average molecular weight is 1050 g/mol. The summed E-state index contributed by atoms with van der Waals surface area (Å²) < 4.78 is 101. The van der Waals surface area contributed by atoms with Gasteiger partial charge in [0.25, 0.3) is 6.33 Å². The van der Waals surface area contributed by atoms with Crippen molar-refractivity contribution in [1.82, 2.24) is 14.1 Å². The third kappa shape index (κ3) is 6.56. The Morgan fingerprint density at radius 1 is 0.661 bits per heavy atom. The van der Waals surface area contributed by atoms with Gasteiger partial charge >= 0.3 is 197 Å². The van der Waals surface area contributed by atoms with Gasteiger partial charge in [-0.05, 0) is 22.3 Å². The first-order chi connectivity index (χ1) is 34.3. The molecule has 2 aliphatic heterocycles. The van der Waals surface area contributed by atoms with E-state index in [4.69, 9.17) is 23.4 Å². The number of imidazole rings is 1. The molecule has 0 saturated carbocycles. The number of para-hydroxylation sites is 4. The minimum absolute atomic E-state index is 0. The first-order valence-corrected chi connectivity index (χ1v) is 26.2. The quantitative estimate of drug-likeness (QED) is 0.0906. The van der Waals surface area contributed by atoms with E-state index < -0.39 is 73.7 Å². The number of aryl methyl sites for hydroxylation is 1. The molecule has 7 aromatic carbocycles. The first-order valence-electron chi connectivity index (χ1n) is 25.7. The molecule has 0 amide bonds. The summed E-state index contributed by atoms with van der Waals surface area (Å²) in [7, 11) is 0. The van der Waals surface area contributed by atoms with E-state index in [1.54, 1.807) is 37.8 Å². The Kier molecular flexibility index (Phi) is 7.58. The second-order valence-electron chi connectivity index (χ2n) is 15.9. The van der Waals surface area contributed by atoms with Crippen LogP contribution in [0.15, 0.2) is 170 Å². The van der Waals surface area contributed by atoms with E-state index in [1.807, 2.05) is 54.6 Å². The first kappa shape index (κ1) is 29.3. The minimum atomic E-state index is -2.10. The second-order valence-corrected chi connectivity index (χ2v) is 25.6. The predicted molar refractivity (Wildman–Crippen MR) is 248 cm³/mol. The van der Waals surface area contributed by atoms with Gasteiger partial charge in [0.1, 0.15) is 0 Å². The third-order valence-corrected chi connectivity index (χ3v) is 24.2. The number of benzene rings is 7. The van der Waals surface area contributed by atoms with Crippen LogP contribution in [0.5, 0.6) is 11.5 Å². The van der Waals surface area contributed by atoms with E-state index in [1.165, 1.54) is 40.6 Å². The third-order valence-electron chi connectivity index (χ3n) is 12.6. The van der Waals surface area contributed by atoms with E-state index in [0.29, 0.717) is 28.2 Å². The van der Waals surface area contributed by atoms with Gasteiger partial charge in [0, 0.05) is 21.1 Å². The number of nitrogens with zero attached hydrogens (tertiary/aromatic N) is 4. The number of rotatable bonds is 7. The van der Waals surface area contributed by atoms with E-state index in [0.717, 1.165) is 34.0 Å². The number of pyridine rings is 1. The number of fused-ring (bicyclic) bond motifs is 6. The van der Waals surface area contributed by atoms with Crippen molar-refractivity contribution in [2.75, 3.05) is 0 Å². The van der Waals surface area contributed by atoms with E-state index in [-0.39, 0.29) is 49.0 Å². The molecule has 0 unspecified atom stereocenters. The number of ether oxygens (including phenoxy) is 1. The molecule has 1 fully saturated rings. The minimum Gasteiger partial charge on any atom is -0.159 e. The molecule has 5 heterocycles. The monoisotopic (exact) mass is 1050 g/mol. The van der Waals surface area contributed by atoms with Gasteiger partial charge < -0.3 is 4.57 Å². The summed E-state index contributed by atoms with van der Waals surface area (Å²) in [4.78, 5) is 5.19. The zero-order valence-electron chi connectivity index (χ0n) is 43.4. The fraction of sp³-hybridized carbons (Fsp3) is 0.127. The van der Waals surface area contributed by atoms with Gasteiger partial charge in [0.2, 0.25) is 0 Å². The number of hydrogen-bond donors (Lipinski definition) is 0. The number of hydrogen-bond acceptors (Lipinski definition) is 2. The molecule has 3 aromatic heterocycles. The van der Waals surface area contributed by atoms with Crippen LogP contribution in [0.25, 0.3) is 72.3 Å². The van der Waals surface area contributed by atoms with Crippen molar-refractivity contribution >= 4 is 50.5 Å². The van der Waals surface area contributed by atoms with Crippen LogP contribution >= 0.6 is 0 Å². The molecule has 10 aromatic rings. The fourth-order valence-electron chi connectivity index (χ4n) is 9.89. The molecule has 7 heteroatoms. The van der Waals surface area contributed by atoms with Gasteiger partial charge in [0.05, 0.1) is 30.4 Å². The standard InChI is InChI=1S/C55H42GeN4O.Pt/c1-3-16-39(17-4-1)45-24-14-25-46(40-18-5-2-6-19-40)55(45)59-38-58(51-27-9-10-28-52(51)59)42-21-13-22-43(35-42)61-44-29-30-48-47-23-7-8-26-50(47)60(53(48)36-44)54-34-41-20-15-33-56(31-11-12-32-56)49(41)37-57-54;/h1-10,13-14,16-19,21-30,34,37H,11-12,15,20,31-33H2;/q-2;/i1D,2D,3D,4D,5D,6D,16D,17D,18D,19D;. The summed E-state index contributed by atoms with van der Waals surface area (Å²) in [5, 5.41) is 6.37. The Morgan fingerprint density at radius 2 is 1.34 bits per heavy atom. The van der Waals surface area contributed by atoms with Crippen LogP contribution in [-0.2, 0) is 27.5 Å². The maximum atomic E-state index is 9.02. The zero-order chi connectivity index (χ0) is 49.0. The maximum absolute atomic E-state index is 9.02. The van der Waals surface area contributed by atoms with Crippen molar-refractivity contribution in [3.05, 3.63) is 194 Å². The molecule has 0 radical (unpaired) electrons. The molecule has 0 aliphatic carbocycles. The topological polar surface area (TPSA) is 35.9 Å². The van der Waals surface area contributed by atoms with Gasteiger partial charge in [-0.2, -0.15) is 6.07 Å². The van der Waals surface area contributed by atoms with Crippen molar-refractivity contribution in [2.24, 2.45) is 0 Å². The van der Waals surface area contributed by atoms with Crippen molar-refractivity contribution in [3.63, 3.8) is 0 Å². The molecule has 1 saturated heterocycles. The number of aromatic nitrogens is 4. The van der Waals surface area contributed by atoms with Crippen molar-refractivity contribution in [3.8, 4) is 50.9 Å². The summed E-state index contributed by atoms with van der Waals surface area (Å²) in [6.45, 7) is 0. The van der Waals surface area contributed by atoms with Gasteiger partial charge in [-0.25, -0.2) is 0 Å².